The number of fused-ring (bicyclic) bond motifs is 1. The van der Waals surface area contributed by atoms with Crippen molar-refractivity contribution in [2.75, 3.05) is 20.2 Å². The van der Waals surface area contributed by atoms with Crippen LogP contribution in [-0.2, 0) is 11.3 Å². The van der Waals surface area contributed by atoms with E-state index in [2.05, 4.69) is 27.1 Å². The van der Waals surface area contributed by atoms with Gasteiger partial charge in [0.2, 0.25) is 5.76 Å². The van der Waals surface area contributed by atoms with Crippen LogP contribution in [0, 0.1) is 0 Å². The van der Waals surface area contributed by atoms with Crippen molar-refractivity contribution < 1.29 is 14.1 Å². The van der Waals surface area contributed by atoms with Crippen LogP contribution >= 0.6 is 0 Å². The highest BCUT2D eigenvalue weighted by Crippen LogP contribution is 2.32. The average Bonchev–Trinajstić information content (AvgIpc) is 3.30. The lowest BCUT2D eigenvalue weighted by Crippen LogP contribution is -2.46. The van der Waals surface area contributed by atoms with E-state index < -0.39 is 0 Å². The zero-order valence-electron chi connectivity index (χ0n) is 14.1. The molecule has 0 unspecified atom stereocenters. The number of amides is 1. The zero-order chi connectivity index (χ0) is 17.2. The highest BCUT2D eigenvalue weighted by Gasteiger charge is 2.48. The van der Waals surface area contributed by atoms with Crippen LogP contribution in [0.15, 0.2) is 35.5 Å². The lowest BCUT2D eigenvalue weighted by Gasteiger charge is -2.34. The lowest BCUT2D eigenvalue weighted by molar-refractivity contribution is -0.0359. The fourth-order valence-electron chi connectivity index (χ4n) is 3.84. The van der Waals surface area contributed by atoms with Gasteiger partial charge >= 0.3 is 0 Å². The van der Waals surface area contributed by atoms with Crippen LogP contribution in [0.1, 0.15) is 29.0 Å². The minimum atomic E-state index is -0.114. The molecule has 8 nitrogen and oxygen atoms in total. The molecule has 132 valence electrons. The molecule has 2 aliphatic rings. The predicted octanol–water partition coefficient (Wildman–Crippen LogP) is 0.969. The summed E-state index contributed by atoms with van der Waals surface area (Å²) >= 11 is 0. The Morgan fingerprint density at radius 1 is 1.40 bits per heavy atom. The van der Waals surface area contributed by atoms with Crippen LogP contribution < -0.4 is 0 Å². The van der Waals surface area contributed by atoms with Gasteiger partial charge in [-0.05, 0) is 19.9 Å². The van der Waals surface area contributed by atoms with Crippen LogP contribution in [0.4, 0.5) is 0 Å². The van der Waals surface area contributed by atoms with Crippen molar-refractivity contribution in [3.8, 4) is 0 Å². The molecular weight excluding hydrogens is 322 g/mol. The number of carbonyl (C=O) groups excluding carboxylic acids is 1. The second kappa shape index (κ2) is 6.89. The van der Waals surface area contributed by atoms with Crippen molar-refractivity contribution in [1.82, 2.24) is 24.9 Å². The zero-order valence-corrected chi connectivity index (χ0v) is 14.1. The third-order valence-electron chi connectivity index (χ3n) is 5.02. The second-order valence-electron chi connectivity index (χ2n) is 6.61. The van der Waals surface area contributed by atoms with E-state index in [1.807, 2.05) is 17.3 Å². The second-order valence-corrected chi connectivity index (χ2v) is 6.61. The number of nitrogens with zero attached hydrogens (tertiary/aromatic N) is 5. The molecule has 2 saturated heterocycles. The summed E-state index contributed by atoms with van der Waals surface area (Å²) in [7, 11) is 2.05. The Labute approximate surface area is 145 Å². The van der Waals surface area contributed by atoms with Gasteiger partial charge in [-0.2, -0.15) is 0 Å². The normalized spacial score (nSPS) is 26.0. The summed E-state index contributed by atoms with van der Waals surface area (Å²) in [6.45, 7) is 2.06. The first kappa shape index (κ1) is 16.2. The van der Waals surface area contributed by atoms with E-state index in [1.54, 1.807) is 6.07 Å². The van der Waals surface area contributed by atoms with Crippen LogP contribution in [-0.4, -0.2) is 69.2 Å². The summed E-state index contributed by atoms with van der Waals surface area (Å²) in [5, 5.41) is 3.65. The third kappa shape index (κ3) is 3.14. The number of carbonyl (C=O) groups is 1. The molecule has 0 spiro atoms. The molecule has 1 amide bonds. The Kier molecular flexibility index (Phi) is 4.46. The molecule has 3 atom stereocenters. The molecule has 0 radical (unpaired) electrons. The number of hydrogen-bond donors (Lipinski definition) is 0. The summed E-state index contributed by atoms with van der Waals surface area (Å²) in [4.78, 5) is 25.0. The Bertz CT molecular complexity index is 708. The molecule has 0 N–H and O–H groups in total. The molecule has 25 heavy (non-hydrogen) atoms. The van der Waals surface area contributed by atoms with E-state index in [0.29, 0.717) is 13.1 Å². The molecule has 0 bridgehead atoms. The van der Waals surface area contributed by atoms with Crippen LogP contribution in [0.3, 0.4) is 0 Å². The van der Waals surface area contributed by atoms with E-state index in [4.69, 9.17) is 9.26 Å². The number of likely N-dealkylation sites (tertiary alicyclic amines) is 1. The van der Waals surface area contributed by atoms with Gasteiger partial charge in [0.1, 0.15) is 6.33 Å². The summed E-state index contributed by atoms with van der Waals surface area (Å²) < 4.78 is 11.1. The standard InChI is InChI=1S/C17H21N5O3/c1-21(9-12-7-18-11-19-8-12)14-10-22(13-3-2-6-24-16(13)14)17(23)15-4-5-20-25-15/h4-5,7-8,11,13-14,16H,2-3,6,9-10H2,1H3/t13-,14-,16+/m1/s1. The molecule has 4 heterocycles. The van der Waals surface area contributed by atoms with Crippen molar-refractivity contribution in [3.63, 3.8) is 0 Å². The van der Waals surface area contributed by atoms with Crippen molar-refractivity contribution in [1.29, 1.82) is 0 Å². The molecule has 0 aliphatic carbocycles. The number of likely N-dealkylation sites (N-methyl/N-ethyl adjacent to an activating group) is 1. The van der Waals surface area contributed by atoms with E-state index in [9.17, 15) is 4.79 Å². The molecule has 2 aliphatic heterocycles. The topological polar surface area (TPSA) is 84.6 Å². The van der Waals surface area contributed by atoms with Gasteiger partial charge in [-0.25, -0.2) is 9.97 Å². The lowest BCUT2D eigenvalue weighted by atomic mass is 10.00. The minimum Gasteiger partial charge on any atom is -0.374 e. The van der Waals surface area contributed by atoms with Crippen LogP contribution in [0.25, 0.3) is 0 Å². The fourth-order valence-corrected chi connectivity index (χ4v) is 3.84. The first-order chi connectivity index (χ1) is 12.2. The van der Waals surface area contributed by atoms with Crippen molar-refractivity contribution in [2.24, 2.45) is 0 Å². The maximum absolute atomic E-state index is 12.8. The third-order valence-corrected chi connectivity index (χ3v) is 5.02. The van der Waals surface area contributed by atoms with Gasteiger partial charge in [-0.1, -0.05) is 5.16 Å². The number of hydrogen-bond acceptors (Lipinski definition) is 7. The smallest absolute Gasteiger partial charge is 0.292 e. The average molecular weight is 343 g/mol. The first-order valence-electron chi connectivity index (χ1n) is 8.51. The molecule has 2 fully saturated rings. The van der Waals surface area contributed by atoms with Crippen molar-refractivity contribution in [2.45, 2.75) is 37.6 Å². The maximum Gasteiger partial charge on any atom is 0.292 e. The molecule has 0 saturated carbocycles. The highest BCUT2D eigenvalue weighted by atomic mass is 16.5. The predicted molar refractivity (Wildman–Crippen MR) is 87.6 cm³/mol. The summed E-state index contributed by atoms with van der Waals surface area (Å²) in [5.41, 5.74) is 1.04. The Balaban J connectivity index is 1.53. The SMILES string of the molecule is CN(Cc1cncnc1)[C@@H]1CN(C(=O)c2ccno2)[C@@H]2CCCO[C@H]12. The number of rotatable bonds is 4. The summed E-state index contributed by atoms with van der Waals surface area (Å²) in [6.07, 6.45) is 8.57. The van der Waals surface area contributed by atoms with E-state index in [0.717, 1.165) is 25.0 Å². The molecule has 8 heteroatoms. The number of aromatic nitrogens is 3. The largest absolute Gasteiger partial charge is 0.374 e. The quantitative estimate of drug-likeness (QED) is 0.818. The van der Waals surface area contributed by atoms with E-state index in [-0.39, 0.29) is 29.9 Å². The Morgan fingerprint density at radius 3 is 3.00 bits per heavy atom. The fraction of sp³-hybridized carbons (Fsp3) is 0.529. The maximum atomic E-state index is 12.8. The van der Waals surface area contributed by atoms with Crippen LogP contribution in [0.5, 0.6) is 0 Å². The van der Waals surface area contributed by atoms with Gasteiger partial charge in [0.25, 0.3) is 5.91 Å². The van der Waals surface area contributed by atoms with E-state index in [1.165, 1.54) is 12.5 Å². The monoisotopic (exact) mass is 343 g/mol. The Hall–Kier alpha value is -2.32. The molecular formula is C17H21N5O3. The van der Waals surface area contributed by atoms with Crippen molar-refractivity contribution in [3.05, 3.63) is 42.3 Å². The van der Waals surface area contributed by atoms with Gasteiger partial charge in [0, 0.05) is 43.7 Å². The summed E-state index contributed by atoms with van der Waals surface area (Å²) in [5.74, 6) is 0.168. The Morgan fingerprint density at radius 2 is 2.24 bits per heavy atom. The minimum absolute atomic E-state index is 0.00949. The van der Waals surface area contributed by atoms with Gasteiger partial charge in [0.05, 0.1) is 24.4 Å². The van der Waals surface area contributed by atoms with Gasteiger partial charge < -0.3 is 14.2 Å². The van der Waals surface area contributed by atoms with E-state index >= 15 is 0 Å². The molecule has 4 rings (SSSR count). The van der Waals surface area contributed by atoms with Gasteiger partial charge in [0.15, 0.2) is 0 Å². The number of ether oxygens (including phenoxy) is 1. The van der Waals surface area contributed by atoms with Gasteiger partial charge in [-0.15, -0.1) is 0 Å². The van der Waals surface area contributed by atoms with Crippen LogP contribution in [0.2, 0.25) is 0 Å². The van der Waals surface area contributed by atoms with Crippen molar-refractivity contribution >= 4 is 5.91 Å². The summed E-state index contributed by atoms with van der Waals surface area (Å²) in [6, 6.07) is 1.81. The molecule has 2 aromatic rings. The first-order valence-corrected chi connectivity index (χ1v) is 8.51. The molecule has 2 aromatic heterocycles. The highest BCUT2D eigenvalue weighted by molar-refractivity contribution is 5.91. The molecule has 0 aromatic carbocycles. The van der Waals surface area contributed by atoms with Gasteiger partial charge in [-0.3, -0.25) is 9.69 Å².